The van der Waals surface area contributed by atoms with Crippen LogP contribution in [0.4, 0.5) is 4.39 Å². The van der Waals surface area contributed by atoms with Gasteiger partial charge in [0.1, 0.15) is 5.82 Å². The monoisotopic (exact) mass is 284 g/mol. The molecule has 0 atom stereocenters. The number of carbonyl (C=O) groups is 1. The van der Waals surface area contributed by atoms with E-state index in [-0.39, 0.29) is 31.4 Å². The molecule has 0 unspecified atom stereocenters. The van der Waals surface area contributed by atoms with Gasteiger partial charge in [0.25, 0.3) is 0 Å². The van der Waals surface area contributed by atoms with E-state index in [2.05, 4.69) is 5.32 Å². The first kappa shape index (κ1) is 16.6. The molecule has 0 spiro atoms. The molecule has 0 radical (unpaired) electrons. The van der Waals surface area contributed by atoms with Crippen LogP contribution in [0.15, 0.2) is 24.3 Å². The van der Waals surface area contributed by atoms with E-state index in [9.17, 15) is 9.18 Å². The normalized spacial score (nSPS) is 10.8. The molecule has 0 heterocycles. The van der Waals surface area contributed by atoms with Crippen molar-refractivity contribution in [1.29, 1.82) is 0 Å². The molecule has 20 heavy (non-hydrogen) atoms. The Bertz CT molecular complexity index is 415. The van der Waals surface area contributed by atoms with Crippen LogP contribution in [0.5, 0.6) is 0 Å². The quantitative estimate of drug-likeness (QED) is 0.688. The molecule has 0 saturated heterocycles. The third-order valence-electron chi connectivity index (χ3n) is 2.83. The molecule has 0 saturated carbocycles. The molecule has 1 aromatic rings. The lowest BCUT2D eigenvalue weighted by Crippen LogP contribution is -2.40. The number of aliphatic hydroxyl groups is 1. The molecular formula is C14H21FN2O3. The smallest absolute Gasteiger partial charge is 0.234 e. The van der Waals surface area contributed by atoms with Crippen LogP contribution in [0.1, 0.15) is 5.56 Å². The van der Waals surface area contributed by atoms with Gasteiger partial charge in [-0.25, -0.2) is 4.39 Å². The van der Waals surface area contributed by atoms with Gasteiger partial charge in [0.05, 0.1) is 19.8 Å². The minimum Gasteiger partial charge on any atom is -0.395 e. The number of nitrogens with zero attached hydrogens (tertiary/aromatic N) is 1. The van der Waals surface area contributed by atoms with Crippen molar-refractivity contribution in [1.82, 2.24) is 10.2 Å². The summed E-state index contributed by atoms with van der Waals surface area (Å²) in [6, 6.07) is 6.32. The van der Waals surface area contributed by atoms with Crippen LogP contribution in [-0.4, -0.2) is 55.9 Å². The fraction of sp³-hybridized carbons (Fsp3) is 0.500. The van der Waals surface area contributed by atoms with Crippen molar-refractivity contribution >= 4 is 5.91 Å². The van der Waals surface area contributed by atoms with E-state index in [0.29, 0.717) is 25.3 Å². The summed E-state index contributed by atoms with van der Waals surface area (Å²) < 4.78 is 18.3. The highest BCUT2D eigenvalue weighted by molar-refractivity contribution is 5.78. The lowest BCUT2D eigenvalue weighted by molar-refractivity contribution is -0.122. The maximum atomic E-state index is 13.4. The van der Waals surface area contributed by atoms with Crippen LogP contribution >= 0.6 is 0 Å². The number of benzene rings is 1. The Hall–Kier alpha value is -1.50. The zero-order chi connectivity index (χ0) is 14.8. The van der Waals surface area contributed by atoms with E-state index in [1.165, 1.54) is 6.07 Å². The van der Waals surface area contributed by atoms with Gasteiger partial charge in [-0.2, -0.15) is 0 Å². The van der Waals surface area contributed by atoms with Gasteiger partial charge in [0.2, 0.25) is 5.91 Å². The molecule has 0 aliphatic rings. The maximum absolute atomic E-state index is 13.4. The third-order valence-corrected chi connectivity index (χ3v) is 2.83. The zero-order valence-corrected chi connectivity index (χ0v) is 11.6. The number of aliphatic hydroxyl groups excluding tert-OH is 1. The first-order valence-corrected chi connectivity index (χ1v) is 6.49. The molecule has 1 aromatic carbocycles. The average molecular weight is 284 g/mol. The lowest BCUT2D eigenvalue weighted by atomic mass is 10.2. The number of rotatable bonds is 9. The van der Waals surface area contributed by atoms with Crippen molar-refractivity contribution in [2.24, 2.45) is 0 Å². The summed E-state index contributed by atoms with van der Waals surface area (Å²) in [6.07, 6.45) is 0. The summed E-state index contributed by atoms with van der Waals surface area (Å²) in [4.78, 5) is 13.6. The van der Waals surface area contributed by atoms with Gasteiger partial charge in [-0.05, 0) is 6.07 Å². The summed E-state index contributed by atoms with van der Waals surface area (Å²) >= 11 is 0. The summed E-state index contributed by atoms with van der Waals surface area (Å²) in [6.45, 7) is 1.73. The topological polar surface area (TPSA) is 61.8 Å². The number of amides is 1. The summed E-state index contributed by atoms with van der Waals surface area (Å²) in [5.74, 6) is -0.544. The first-order chi connectivity index (χ1) is 9.67. The number of hydrogen-bond acceptors (Lipinski definition) is 4. The highest BCUT2D eigenvalue weighted by Gasteiger charge is 2.10. The summed E-state index contributed by atoms with van der Waals surface area (Å²) in [7, 11) is 1.58. The predicted octanol–water partition coefficient (Wildman–Crippen LogP) is 0.383. The number of halogens is 1. The van der Waals surface area contributed by atoms with E-state index < -0.39 is 0 Å². The molecule has 1 rings (SSSR count). The number of methoxy groups -OCH3 is 1. The van der Waals surface area contributed by atoms with Crippen LogP contribution in [0.25, 0.3) is 0 Å². The van der Waals surface area contributed by atoms with Crippen LogP contribution < -0.4 is 5.32 Å². The fourth-order valence-corrected chi connectivity index (χ4v) is 1.73. The molecule has 5 nitrogen and oxygen atoms in total. The summed E-state index contributed by atoms with van der Waals surface area (Å²) in [5, 5.41) is 11.6. The Balaban J connectivity index is 2.39. The van der Waals surface area contributed by atoms with E-state index in [4.69, 9.17) is 9.84 Å². The van der Waals surface area contributed by atoms with Crippen molar-refractivity contribution in [2.75, 3.05) is 40.0 Å². The van der Waals surface area contributed by atoms with Gasteiger partial charge < -0.3 is 15.2 Å². The second-order valence-corrected chi connectivity index (χ2v) is 4.36. The highest BCUT2D eigenvalue weighted by Crippen LogP contribution is 2.05. The van der Waals surface area contributed by atoms with Gasteiger partial charge in [0, 0.05) is 32.3 Å². The number of carbonyl (C=O) groups excluding carboxylic acids is 1. The number of nitrogens with one attached hydrogen (secondary N) is 1. The molecule has 2 N–H and O–H groups in total. The molecule has 0 aliphatic heterocycles. The molecule has 0 bridgehead atoms. The molecule has 6 heteroatoms. The van der Waals surface area contributed by atoms with Crippen molar-refractivity contribution in [3.63, 3.8) is 0 Å². The fourth-order valence-electron chi connectivity index (χ4n) is 1.73. The van der Waals surface area contributed by atoms with Crippen LogP contribution in [0.2, 0.25) is 0 Å². The SMILES string of the molecule is COCCN(CCO)CC(=O)NCc1ccccc1F. The first-order valence-electron chi connectivity index (χ1n) is 6.49. The predicted molar refractivity (Wildman–Crippen MR) is 73.6 cm³/mol. The van der Waals surface area contributed by atoms with Gasteiger partial charge in [-0.15, -0.1) is 0 Å². The minimum atomic E-state index is -0.334. The van der Waals surface area contributed by atoms with Gasteiger partial charge >= 0.3 is 0 Å². The molecule has 1 amide bonds. The second-order valence-electron chi connectivity index (χ2n) is 4.36. The van der Waals surface area contributed by atoms with E-state index in [0.717, 1.165) is 0 Å². The number of ether oxygens (including phenoxy) is 1. The van der Waals surface area contributed by atoms with Gasteiger partial charge in [0.15, 0.2) is 0 Å². The Morgan fingerprint density at radius 1 is 1.40 bits per heavy atom. The molecule has 0 fully saturated rings. The number of hydrogen-bond donors (Lipinski definition) is 2. The van der Waals surface area contributed by atoms with Gasteiger partial charge in [-0.1, -0.05) is 18.2 Å². The highest BCUT2D eigenvalue weighted by atomic mass is 19.1. The second kappa shape index (κ2) is 9.41. The standard InChI is InChI=1S/C14H21FN2O3/c1-20-9-7-17(6-8-18)11-14(19)16-10-12-4-2-3-5-13(12)15/h2-5,18H,6-11H2,1H3,(H,16,19). The Morgan fingerprint density at radius 2 is 2.15 bits per heavy atom. The van der Waals surface area contributed by atoms with E-state index in [1.54, 1.807) is 30.2 Å². The largest absolute Gasteiger partial charge is 0.395 e. The maximum Gasteiger partial charge on any atom is 0.234 e. The molecule has 112 valence electrons. The van der Waals surface area contributed by atoms with Crippen molar-refractivity contribution in [2.45, 2.75) is 6.54 Å². The Kier molecular flexibility index (Phi) is 7.79. The van der Waals surface area contributed by atoms with Crippen molar-refractivity contribution in [3.05, 3.63) is 35.6 Å². The van der Waals surface area contributed by atoms with Crippen LogP contribution in [0.3, 0.4) is 0 Å². The van der Waals surface area contributed by atoms with Gasteiger partial charge in [-0.3, -0.25) is 9.69 Å². The molecular weight excluding hydrogens is 263 g/mol. The van der Waals surface area contributed by atoms with E-state index in [1.807, 2.05) is 0 Å². The van der Waals surface area contributed by atoms with Crippen molar-refractivity contribution in [3.8, 4) is 0 Å². The average Bonchev–Trinajstić information content (AvgIpc) is 2.44. The molecule has 0 aromatic heterocycles. The molecule has 0 aliphatic carbocycles. The zero-order valence-electron chi connectivity index (χ0n) is 11.6. The third kappa shape index (κ3) is 6.10. The van der Waals surface area contributed by atoms with Crippen LogP contribution in [-0.2, 0) is 16.1 Å². The lowest BCUT2D eigenvalue weighted by Gasteiger charge is -2.20. The van der Waals surface area contributed by atoms with E-state index >= 15 is 0 Å². The minimum absolute atomic E-state index is 0.0235. The Morgan fingerprint density at radius 3 is 2.80 bits per heavy atom. The summed E-state index contributed by atoms with van der Waals surface area (Å²) in [5.41, 5.74) is 0.450. The Labute approximate surface area is 118 Å². The van der Waals surface area contributed by atoms with Crippen molar-refractivity contribution < 1.29 is 19.0 Å². The van der Waals surface area contributed by atoms with Crippen LogP contribution in [0, 0.1) is 5.82 Å².